The summed E-state index contributed by atoms with van der Waals surface area (Å²) in [5.41, 5.74) is 0. The van der Waals surface area contributed by atoms with E-state index in [4.69, 9.17) is 10.00 Å². The number of hydrogen-bond donors (Lipinski definition) is 2. The van der Waals surface area contributed by atoms with Crippen LogP contribution in [0.4, 0.5) is 4.79 Å². The number of ether oxygens (including phenoxy) is 1. The molecule has 1 atom stereocenters. The van der Waals surface area contributed by atoms with Crippen molar-refractivity contribution in [2.75, 3.05) is 25.2 Å². The number of unbranched alkanes of at least 4 members (excludes halogenated alkanes) is 3. The third-order valence-corrected chi connectivity index (χ3v) is 3.78. The lowest BCUT2D eigenvalue weighted by atomic mass is 10.2. The van der Waals surface area contributed by atoms with Gasteiger partial charge in [0.1, 0.15) is 15.9 Å². The Morgan fingerprint density at radius 1 is 1.26 bits per heavy atom. The molecule has 0 aliphatic heterocycles. The Morgan fingerprint density at radius 2 is 1.96 bits per heavy atom. The van der Waals surface area contributed by atoms with E-state index in [9.17, 15) is 18.0 Å². The summed E-state index contributed by atoms with van der Waals surface area (Å²) < 4.78 is 27.7. The fraction of sp³-hybridized carbons (Fsp3) is 0.786. The van der Waals surface area contributed by atoms with E-state index in [1.54, 1.807) is 0 Å². The minimum Gasteiger partial charge on any atom is -0.450 e. The molecule has 0 aliphatic rings. The van der Waals surface area contributed by atoms with Crippen molar-refractivity contribution >= 4 is 21.8 Å². The van der Waals surface area contributed by atoms with Crippen LogP contribution in [0, 0.1) is 11.3 Å². The van der Waals surface area contributed by atoms with E-state index < -0.39 is 33.6 Å². The number of carbonyl (C=O) groups is 2. The lowest BCUT2D eigenvalue weighted by Gasteiger charge is -2.17. The summed E-state index contributed by atoms with van der Waals surface area (Å²) in [6, 6.07) is 0.607. The average molecular weight is 347 g/mol. The quantitative estimate of drug-likeness (QED) is 0.531. The summed E-state index contributed by atoms with van der Waals surface area (Å²) in [6.45, 7) is 2.37. The summed E-state index contributed by atoms with van der Waals surface area (Å²) in [4.78, 5) is 23.5. The Bertz CT molecular complexity index is 513. The molecule has 2 amide bonds. The SMILES string of the molecule is CCCCCCOC(=O)NC(CS(C)(=O)=O)C(=O)NCCC#N. The van der Waals surface area contributed by atoms with Crippen molar-refractivity contribution in [1.82, 2.24) is 10.6 Å². The monoisotopic (exact) mass is 347 g/mol. The summed E-state index contributed by atoms with van der Waals surface area (Å²) in [5, 5.41) is 13.1. The molecule has 132 valence electrons. The number of alkyl carbamates (subject to hydrolysis) is 1. The standard InChI is InChI=1S/C14H25N3O5S/c1-3-4-5-6-10-22-14(19)17-12(11-23(2,20)21)13(18)16-9-7-8-15/h12H,3-7,9-11H2,1-2H3,(H,16,18)(H,17,19). The van der Waals surface area contributed by atoms with Crippen LogP contribution in [0.15, 0.2) is 0 Å². The minimum absolute atomic E-state index is 0.0866. The van der Waals surface area contributed by atoms with Crippen molar-refractivity contribution in [3.05, 3.63) is 0 Å². The molecule has 0 radical (unpaired) electrons. The van der Waals surface area contributed by atoms with Gasteiger partial charge < -0.3 is 15.4 Å². The van der Waals surface area contributed by atoms with Crippen molar-refractivity contribution in [2.45, 2.75) is 45.1 Å². The molecular formula is C14H25N3O5S. The molecule has 0 saturated carbocycles. The van der Waals surface area contributed by atoms with Gasteiger partial charge in [-0.1, -0.05) is 26.2 Å². The van der Waals surface area contributed by atoms with Gasteiger partial charge in [-0.05, 0) is 6.42 Å². The van der Waals surface area contributed by atoms with Crippen molar-refractivity contribution in [1.29, 1.82) is 5.26 Å². The highest BCUT2D eigenvalue weighted by atomic mass is 32.2. The van der Waals surface area contributed by atoms with E-state index in [0.717, 1.165) is 25.5 Å². The number of carbonyl (C=O) groups excluding carboxylic acids is 2. The van der Waals surface area contributed by atoms with Crippen LogP contribution >= 0.6 is 0 Å². The number of nitriles is 1. The zero-order chi connectivity index (χ0) is 17.7. The third kappa shape index (κ3) is 12.4. The first-order valence-corrected chi connectivity index (χ1v) is 9.62. The van der Waals surface area contributed by atoms with E-state index in [0.29, 0.717) is 6.42 Å². The van der Waals surface area contributed by atoms with Gasteiger partial charge in [0.05, 0.1) is 24.8 Å². The molecule has 23 heavy (non-hydrogen) atoms. The second kappa shape index (κ2) is 11.7. The molecule has 0 aromatic heterocycles. The molecule has 2 N–H and O–H groups in total. The lowest BCUT2D eigenvalue weighted by molar-refractivity contribution is -0.122. The van der Waals surface area contributed by atoms with Crippen LogP contribution in [0.1, 0.15) is 39.0 Å². The zero-order valence-electron chi connectivity index (χ0n) is 13.6. The number of amides is 2. The number of hydrogen-bond acceptors (Lipinski definition) is 6. The van der Waals surface area contributed by atoms with Gasteiger partial charge in [-0.25, -0.2) is 13.2 Å². The van der Waals surface area contributed by atoms with Gasteiger partial charge in [0.2, 0.25) is 5.91 Å². The van der Waals surface area contributed by atoms with Crippen molar-refractivity contribution in [3.8, 4) is 6.07 Å². The van der Waals surface area contributed by atoms with Crippen LogP contribution < -0.4 is 10.6 Å². The van der Waals surface area contributed by atoms with E-state index in [1.807, 2.05) is 6.07 Å². The van der Waals surface area contributed by atoms with Crippen LogP contribution in [0.3, 0.4) is 0 Å². The van der Waals surface area contributed by atoms with Gasteiger partial charge in [-0.3, -0.25) is 4.79 Å². The molecule has 9 heteroatoms. The number of rotatable bonds is 11. The molecule has 1 unspecified atom stereocenters. The topological polar surface area (TPSA) is 125 Å². The summed E-state index contributed by atoms with van der Waals surface area (Å²) >= 11 is 0. The summed E-state index contributed by atoms with van der Waals surface area (Å²) in [6.07, 6.45) is 4.00. The van der Waals surface area contributed by atoms with Crippen LogP contribution in [0.5, 0.6) is 0 Å². The molecule has 0 spiro atoms. The van der Waals surface area contributed by atoms with Crippen molar-refractivity contribution in [3.63, 3.8) is 0 Å². The second-order valence-corrected chi connectivity index (χ2v) is 7.37. The molecule has 0 rings (SSSR count). The Kier molecular flexibility index (Phi) is 10.8. The van der Waals surface area contributed by atoms with Gasteiger partial charge >= 0.3 is 6.09 Å². The predicted molar refractivity (Wildman–Crippen MR) is 85.4 cm³/mol. The second-order valence-electron chi connectivity index (χ2n) is 5.19. The summed E-state index contributed by atoms with van der Waals surface area (Å²) in [5.74, 6) is -1.19. The van der Waals surface area contributed by atoms with Gasteiger partial charge in [0.15, 0.2) is 0 Å². The zero-order valence-corrected chi connectivity index (χ0v) is 14.4. The lowest BCUT2D eigenvalue weighted by Crippen LogP contribution is -2.50. The predicted octanol–water partition coefficient (Wildman–Crippen LogP) is 0.736. The number of nitrogens with one attached hydrogen (secondary N) is 2. The maximum Gasteiger partial charge on any atom is 0.407 e. The van der Waals surface area contributed by atoms with Crippen LogP contribution in [0.2, 0.25) is 0 Å². The minimum atomic E-state index is -3.47. The Labute approximate surface area is 137 Å². The van der Waals surface area contributed by atoms with Gasteiger partial charge in [-0.2, -0.15) is 5.26 Å². The molecular weight excluding hydrogens is 322 g/mol. The Balaban J connectivity index is 4.42. The highest BCUT2D eigenvalue weighted by Gasteiger charge is 2.25. The first kappa shape index (κ1) is 21.2. The van der Waals surface area contributed by atoms with Gasteiger partial charge in [0, 0.05) is 12.8 Å². The van der Waals surface area contributed by atoms with E-state index in [-0.39, 0.29) is 19.6 Å². The maximum absolute atomic E-state index is 11.9. The van der Waals surface area contributed by atoms with Crippen LogP contribution in [-0.2, 0) is 19.4 Å². The van der Waals surface area contributed by atoms with E-state index in [2.05, 4.69) is 17.6 Å². The molecule has 0 aromatic carbocycles. The molecule has 8 nitrogen and oxygen atoms in total. The van der Waals surface area contributed by atoms with Crippen molar-refractivity contribution < 1.29 is 22.7 Å². The fourth-order valence-electron chi connectivity index (χ4n) is 1.73. The number of nitrogens with zero attached hydrogens (tertiary/aromatic N) is 1. The number of sulfone groups is 1. The van der Waals surface area contributed by atoms with Gasteiger partial charge in [-0.15, -0.1) is 0 Å². The Hall–Kier alpha value is -1.82. The third-order valence-electron chi connectivity index (χ3n) is 2.85. The first-order chi connectivity index (χ1) is 10.8. The highest BCUT2D eigenvalue weighted by Crippen LogP contribution is 2.00. The molecule has 0 heterocycles. The largest absolute Gasteiger partial charge is 0.450 e. The van der Waals surface area contributed by atoms with Crippen molar-refractivity contribution in [2.24, 2.45) is 0 Å². The fourth-order valence-corrected chi connectivity index (χ4v) is 2.57. The van der Waals surface area contributed by atoms with Crippen LogP contribution in [0.25, 0.3) is 0 Å². The van der Waals surface area contributed by atoms with Crippen LogP contribution in [-0.4, -0.2) is 51.6 Å². The smallest absolute Gasteiger partial charge is 0.407 e. The summed E-state index contributed by atoms with van der Waals surface area (Å²) in [7, 11) is -3.47. The normalized spacial score (nSPS) is 12.0. The first-order valence-electron chi connectivity index (χ1n) is 7.55. The molecule has 0 saturated heterocycles. The molecule has 0 aromatic rings. The highest BCUT2D eigenvalue weighted by molar-refractivity contribution is 7.90. The molecule has 0 aliphatic carbocycles. The molecule has 0 bridgehead atoms. The molecule has 0 fully saturated rings. The maximum atomic E-state index is 11.9. The van der Waals surface area contributed by atoms with E-state index >= 15 is 0 Å². The Morgan fingerprint density at radius 3 is 2.52 bits per heavy atom. The van der Waals surface area contributed by atoms with E-state index in [1.165, 1.54) is 0 Å². The average Bonchev–Trinajstić information content (AvgIpc) is 2.45. The van der Waals surface area contributed by atoms with Gasteiger partial charge in [0.25, 0.3) is 0 Å².